The van der Waals surface area contributed by atoms with Crippen molar-refractivity contribution in [1.82, 2.24) is 0 Å². The molecule has 32 heavy (non-hydrogen) atoms. The quantitative estimate of drug-likeness (QED) is 0.361. The van der Waals surface area contributed by atoms with Gasteiger partial charge in [-0.25, -0.2) is 0 Å². The van der Waals surface area contributed by atoms with Crippen molar-refractivity contribution in [3.63, 3.8) is 0 Å². The van der Waals surface area contributed by atoms with Gasteiger partial charge in [0.1, 0.15) is 12.0 Å². The summed E-state index contributed by atoms with van der Waals surface area (Å²) in [7, 11) is 0. The van der Waals surface area contributed by atoms with Gasteiger partial charge in [-0.1, -0.05) is 32.4 Å². The summed E-state index contributed by atoms with van der Waals surface area (Å²) in [6.07, 6.45) is 5.90. The average Bonchev–Trinajstić information content (AvgIpc) is 2.72. The Balaban J connectivity index is 1.75. The van der Waals surface area contributed by atoms with Gasteiger partial charge in [-0.3, -0.25) is 24.7 Å². The van der Waals surface area contributed by atoms with Crippen LogP contribution in [-0.2, 0) is 14.3 Å². The van der Waals surface area contributed by atoms with Crippen molar-refractivity contribution in [3.8, 4) is 0 Å². The highest BCUT2D eigenvalue weighted by Crippen LogP contribution is 2.48. The fourth-order valence-corrected chi connectivity index (χ4v) is 5.33. The van der Waals surface area contributed by atoms with Crippen LogP contribution in [0.15, 0.2) is 40.5 Å². The number of carbonyl (C=O) groups is 2. The minimum Gasteiger partial charge on any atom is -0.462 e. The first kappa shape index (κ1) is 22.4. The molecule has 2 atom stereocenters. The lowest BCUT2D eigenvalue weighted by Gasteiger charge is -2.39. The van der Waals surface area contributed by atoms with Crippen LogP contribution in [-0.4, -0.2) is 28.5 Å². The van der Waals surface area contributed by atoms with Crippen molar-refractivity contribution in [2.45, 2.75) is 77.7 Å². The van der Waals surface area contributed by atoms with Gasteiger partial charge in [0.05, 0.1) is 4.92 Å². The number of aliphatic imine (C=N–C) groups is 1. The number of ether oxygens (including phenoxy) is 1. The first-order valence-corrected chi connectivity index (χ1v) is 11.4. The largest absolute Gasteiger partial charge is 0.462 e. The number of benzene rings is 1. The van der Waals surface area contributed by atoms with E-state index in [0.717, 1.165) is 37.8 Å². The summed E-state index contributed by atoms with van der Waals surface area (Å²) in [4.78, 5) is 42.1. The number of esters is 1. The van der Waals surface area contributed by atoms with E-state index in [1.165, 1.54) is 12.1 Å². The standard InChI is InChI=1S/C25H30N2O5/c1-15-21(24(29)32-18-7-5-4-6-8-18)22(16-9-11-17(12-10-16)27(30)31)23-19(26-15)13-25(2,3)14-20(23)28/h9-12,18,21-22H,4-8,13-14H2,1-3H3/t21?,22-/m0/s1. The van der Waals surface area contributed by atoms with Gasteiger partial charge in [-0.2, -0.15) is 0 Å². The molecule has 0 spiro atoms. The number of ketones is 1. The second-order valence-corrected chi connectivity index (χ2v) is 10.1. The lowest BCUT2D eigenvalue weighted by molar-refractivity contribution is -0.384. The van der Waals surface area contributed by atoms with Crippen LogP contribution < -0.4 is 0 Å². The van der Waals surface area contributed by atoms with Gasteiger partial charge in [-0.15, -0.1) is 0 Å². The number of Topliss-reactive ketones (excluding diaryl/α,β-unsaturated/α-hetero) is 1. The van der Waals surface area contributed by atoms with Crippen LogP contribution in [0.5, 0.6) is 0 Å². The number of non-ortho nitro benzene ring substituents is 1. The molecule has 7 nitrogen and oxygen atoms in total. The number of hydrogen-bond donors (Lipinski definition) is 0. The maximum atomic E-state index is 13.4. The number of nitro groups is 1. The molecule has 0 aromatic heterocycles. The maximum Gasteiger partial charge on any atom is 0.315 e. The second-order valence-electron chi connectivity index (χ2n) is 10.1. The summed E-state index contributed by atoms with van der Waals surface area (Å²) in [5.74, 6) is -1.61. The van der Waals surface area contributed by atoms with Crippen LogP contribution in [0.4, 0.5) is 5.69 Å². The van der Waals surface area contributed by atoms with Gasteiger partial charge in [-0.05, 0) is 50.0 Å². The van der Waals surface area contributed by atoms with Gasteiger partial charge in [0.2, 0.25) is 0 Å². The van der Waals surface area contributed by atoms with E-state index in [0.29, 0.717) is 29.7 Å². The smallest absolute Gasteiger partial charge is 0.315 e. The van der Waals surface area contributed by atoms with E-state index in [-0.39, 0.29) is 29.0 Å². The monoisotopic (exact) mass is 438 g/mol. The van der Waals surface area contributed by atoms with E-state index in [1.54, 1.807) is 12.1 Å². The topological polar surface area (TPSA) is 98.9 Å². The number of nitro benzene ring substituents is 1. The van der Waals surface area contributed by atoms with Gasteiger partial charge in [0.25, 0.3) is 5.69 Å². The minimum absolute atomic E-state index is 0.00804. The predicted octanol–water partition coefficient (Wildman–Crippen LogP) is 5.29. The predicted molar refractivity (Wildman–Crippen MR) is 120 cm³/mol. The maximum absolute atomic E-state index is 13.4. The number of hydrogen-bond acceptors (Lipinski definition) is 6. The molecule has 1 unspecified atom stereocenters. The molecule has 170 valence electrons. The Bertz CT molecular complexity index is 1000. The number of rotatable bonds is 4. The molecule has 1 aliphatic heterocycles. The van der Waals surface area contributed by atoms with Crippen LogP contribution in [0, 0.1) is 21.4 Å². The second kappa shape index (κ2) is 8.60. The van der Waals surface area contributed by atoms with Crippen molar-refractivity contribution in [2.24, 2.45) is 16.3 Å². The number of carbonyl (C=O) groups excluding carboxylic acids is 2. The summed E-state index contributed by atoms with van der Waals surface area (Å²) < 4.78 is 5.91. The van der Waals surface area contributed by atoms with Crippen molar-refractivity contribution >= 4 is 23.2 Å². The van der Waals surface area contributed by atoms with E-state index in [9.17, 15) is 19.7 Å². The van der Waals surface area contributed by atoms with Gasteiger partial charge in [0.15, 0.2) is 5.78 Å². The highest BCUT2D eigenvalue weighted by molar-refractivity contribution is 6.09. The highest BCUT2D eigenvalue weighted by Gasteiger charge is 2.46. The van der Waals surface area contributed by atoms with Crippen molar-refractivity contribution in [2.75, 3.05) is 0 Å². The lowest BCUT2D eigenvalue weighted by atomic mass is 9.67. The molecular weight excluding hydrogens is 408 g/mol. The third-order valence-corrected chi connectivity index (χ3v) is 6.85. The molecule has 1 heterocycles. The van der Waals surface area contributed by atoms with E-state index in [2.05, 4.69) is 0 Å². The Morgan fingerprint density at radius 3 is 2.41 bits per heavy atom. The molecule has 4 rings (SSSR count). The Kier molecular flexibility index (Phi) is 6.01. The summed E-state index contributed by atoms with van der Waals surface area (Å²) in [5.41, 5.74) is 2.41. The zero-order chi connectivity index (χ0) is 23.0. The molecule has 0 radical (unpaired) electrons. The van der Waals surface area contributed by atoms with E-state index in [4.69, 9.17) is 9.73 Å². The van der Waals surface area contributed by atoms with Crippen molar-refractivity contribution in [1.29, 1.82) is 0 Å². The third kappa shape index (κ3) is 4.38. The molecule has 0 N–H and O–H groups in total. The van der Waals surface area contributed by atoms with Crippen LogP contribution in [0.25, 0.3) is 0 Å². The Morgan fingerprint density at radius 2 is 1.78 bits per heavy atom. The molecule has 0 amide bonds. The lowest BCUT2D eigenvalue weighted by Crippen LogP contribution is -2.40. The summed E-state index contributed by atoms with van der Waals surface area (Å²) in [6.45, 7) is 5.91. The SMILES string of the molecule is CC1=NC2=C(C(=O)CC(C)(C)C2)[C@@H](c2ccc([N+](=O)[O-])cc2)C1C(=O)OC1CCCCC1. The fourth-order valence-electron chi connectivity index (χ4n) is 5.33. The molecule has 1 aromatic carbocycles. The summed E-state index contributed by atoms with van der Waals surface area (Å²) >= 11 is 0. The highest BCUT2D eigenvalue weighted by atomic mass is 16.6. The first-order valence-electron chi connectivity index (χ1n) is 11.4. The molecule has 3 aliphatic rings. The van der Waals surface area contributed by atoms with Crippen LogP contribution >= 0.6 is 0 Å². The molecule has 1 fully saturated rings. The van der Waals surface area contributed by atoms with Crippen LogP contribution in [0.1, 0.15) is 77.2 Å². The van der Waals surface area contributed by atoms with E-state index in [1.807, 2.05) is 20.8 Å². The van der Waals surface area contributed by atoms with Crippen molar-refractivity contribution < 1.29 is 19.2 Å². The molecule has 0 bridgehead atoms. The van der Waals surface area contributed by atoms with E-state index < -0.39 is 16.8 Å². The molecule has 7 heteroatoms. The summed E-state index contributed by atoms with van der Waals surface area (Å²) in [6, 6.07) is 6.16. The molecular formula is C25H30N2O5. The molecule has 1 saturated carbocycles. The molecule has 1 aromatic rings. The Morgan fingerprint density at radius 1 is 1.12 bits per heavy atom. The number of allylic oxidation sites excluding steroid dienone is 2. The number of nitrogens with zero attached hydrogens (tertiary/aromatic N) is 2. The molecule has 0 saturated heterocycles. The average molecular weight is 439 g/mol. The first-order chi connectivity index (χ1) is 15.2. The van der Waals surface area contributed by atoms with Crippen LogP contribution in [0.2, 0.25) is 0 Å². The Hall–Kier alpha value is -2.83. The molecule has 2 aliphatic carbocycles. The Labute approximate surface area is 188 Å². The normalized spacial score (nSPS) is 25.7. The third-order valence-electron chi connectivity index (χ3n) is 6.85. The van der Waals surface area contributed by atoms with Gasteiger partial charge < -0.3 is 4.74 Å². The fraction of sp³-hybridized carbons (Fsp3) is 0.560. The van der Waals surface area contributed by atoms with Gasteiger partial charge >= 0.3 is 5.97 Å². The van der Waals surface area contributed by atoms with Crippen molar-refractivity contribution in [3.05, 3.63) is 51.2 Å². The zero-order valence-corrected chi connectivity index (χ0v) is 18.9. The van der Waals surface area contributed by atoms with Gasteiger partial charge in [0, 0.05) is 41.5 Å². The van der Waals surface area contributed by atoms with E-state index >= 15 is 0 Å². The zero-order valence-electron chi connectivity index (χ0n) is 18.9. The minimum atomic E-state index is -0.706. The van der Waals surface area contributed by atoms with Crippen LogP contribution in [0.3, 0.4) is 0 Å². The summed E-state index contributed by atoms with van der Waals surface area (Å²) in [5, 5.41) is 11.1.